The predicted molar refractivity (Wildman–Crippen MR) is 121 cm³/mol. The summed E-state index contributed by atoms with van der Waals surface area (Å²) in [5, 5.41) is 15.9. The first kappa shape index (κ1) is 23.2. The lowest BCUT2D eigenvalue weighted by molar-refractivity contribution is -0.122. The fourth-order valence-electron chi connectivity index (χ4n) is 2.87. The number of carbonyl (C=O) groups excluding carboxylic acids is 2. The molecule has 0 saturated heterocycles. The minimum absolute atomic E-state index is 0.0424. The van der Waals surface area contributed by atoms with E-state index in [1.54, 1.807) is 30.3 Å². The van der Waals surface area contributed by atoms with Gasteiger partial charge in [0.1, 0.15) is 11.5 Å². The molecular formula is C22H18Cl2N2O6. The quantitative estimate of drug-likeness (QED) is 0.452. The second-order valence-corrected chi connectivity index (χ2v) is 7.40. The van der Waals surface area contributed by atoms with Crippen LogP contribution in [-0.2, 0) is 9.59 Å². The Labute approximate surface area is 193 Å². The number of nitrogens with one attached hydrogen (secondary N) is 2. The van der Waals surface area contributed by atoms with Crippen LogP contribution in [0.1, 0.15) is 10.4 Å². The molecule has 166 valence electrons. The number of carbonyl (C=O) groups is 3. The number of amides is 2. The third-order valence-corrected chi connectivity index (χ3v) is 4.85. The molecule has 0 saturated carbocycles. The van der Waals surface area contributed by atoms with Crippen LogP contribution < -0.4 is 20.1 Å². The van der Waals surface area contributed by atoms with E-state index in [4.69, 9.17) is 32.7 Å². The Morgan fingerprint density at radius 2 is 1.62 bits per heavy atom. The Morgan fingerprint density at radius 1 is 0.938 bits per heavy atom. The van der Waals surface area contributed by atoms with Crippen LogP contribution in [0.3, 0.4) is 0 Å². The van der Waals surface area contributed by atoms with E-state index in [-0.39, 0.29) is 28.8 Å². The van der Waals surface area contributed by atoms with Crippen molar-refractivity contribution in [2.24, 2.45) is 0 Å². The molecule has 3 N–H and O–H groups in total. The van der Waals surface area contributed by atoms with Gasteiger partial charge in [-0.05, 0) is 41.8 Å². The van der Waals surface area contributed by atoms with Gasteiger partial charge in [0.15, 0.2) is 13.2 Å². The number of carboxylic acid groups (broad SMARTS) is 1. The van der Waals surface area contributed by atoms with Crippen LogP contribution in [0.15, 0.2) is 48.5 Å². The second kappa shape index (κ2) is 10.2. The number of carboxylic acids is 1. The molecule has 0 aliphatic carbocycles. The predicted octanol–water partition coefficient (Wildman–Crippen LogP) is 3.99. The number of halogens is 2. The highest BCUT2D eigenvalue weighted by molar-refractivity contribution is 6.39. The SMILES string of the molecule is CNC(=O)COc1ccccc1NC(=O)COc1cc(C(=O)O)cc2cc(Cl)cc(Cl)c12. The maximum absolute atomic E-state index is 12.5. The van der Waals surface area contributed by atoms with Crippen molar-refractivity contribution in [2.75, 3.05) is 25.6 Å². The van der Waals surface area contributed by atoms with Crippen LogP contribution in [0.25, 0.3) is 10.8 Å². The largest absolute Gasteiger partial charge is 0.483 e. The number of ether oxygens (including phenoxy) is 2. The van der Waals surface area contributed by atoms with Crippen molar-refractivity contribution in [3.63, 3.8) is 0 Å². The minimum Gasteiger partial charge on any atom is -0.483 e. The number of hydrogen-bond donors (Lipinski definition) is 3. The number of rotatable bonds is 8. The molecule has 0 heterocycles. The summed E-state index contributed by atoms with van der Waals surface area (Å²) < 4.78 is 11.0. The number of hydrogen-bond acceptors (Lipinski definition) is 5. The summed E-state index contributed by atoms with van der Waals surface area (Å²) in [6.45, 7) is -0.643. The van der Waals surface area contributed by atoms with E-state index in [0.717, 1.165) is 0 Å². The average molecular weight is 477 g/mol. The van der Waals surface area contributed by atoms with E-state index in [9.17, 15) is 19.5 Å². The molecule has 0 spiro atoms. The van der Waals surface area contributed by atoms with Gasteiger partial charge in [0.2, 0.25) is 0 Å². The number of benzene rings is 3. The van der Waals surface area contributed by atoms with Crippen LogP contribution >= 0.6 is 23.2 Å². The number of anilines is 1. The van der Waals surface area contributed by atoms with Gasteiger partial charge in [-0.15, -0.1) is 0 Å². The molecule has 0 atom stereocenters. The summed E-state index contributed by atoms with van der Waals surface area (Å²) in [7, 11) is 1.49. The highest BCUT2D eigenvalue weighted by atomic mass is 35.5. The third-order valence-electron chi connectivity index (χ3n) is 4.33. The number of aromatic carboxylic acids is 1. The van der Waals surface area contributed by atoms with E-state index in [1.807, 2.05) is 0 Å². The molecule has 0 radical (unpaired) electrons. The molecule has 3 rings (SSSR count). The standard InChI is InChI=1S/C22H18Cl2N2O6/c1-25-19(27)10-31-17-5-3-2-4-16(17)26-20(28)11-32-18-8-13(22(29)30)6-12-7-14(23)9-15(24)21(12)18/h2-9H,10-11H2,1H3,(H,25,27)(H,26,28)(H,29,30). The molecule has 0 aliphatic heterocycles. The summed E-state index contributed by atoms with van der Waals surface area (Å²) in [5.41, 5.74) is 0.304. The van der Waals surface area contributed by atoms with E-state index < -0.39 is 18.5 Å². The van der Waals surface area contributed by atoms with Gasteiger partial charge >= 0.3 is 5.97 Å². The molecule has 0 unspecified atom stereocenters. The molecule has 3 aromatic carbocycles. The first-order chi connectivity index (χ1) is 15.3. The monoisotopic (exact) mass is 476 g/mol. The Kier molecular flexibility index (Phi) is 7.40. The Morgan fingerprint density at radius 3 is 2.34 bits per heavy atom. The second-order valence-electron chi connectivity index (χ2n) is 6.56. The van der Waals surface area contributed by atoms with E-state index in [2.05, 4.69) is 10.6 Å². The van der Waals surface area contributed by atoms with E-state index in [1.165, 1.54) is 25.2 Å². The van der Waals surface area contributed by atoms with Crippen molar-refractivity contribution in [3.8, 4) is 11.5 Å². The van der Waals surface area contributed by atoms with Crippen molar-refractivity contribution in [1.82, 2.24) is 5.32 Å². The smallest absolute Gasteiger partial charge is 0.335 e. The van der Waals surface area contributed by atoms with Crippen molar-refractivity contribution in [1.29, 1.82) is 0 Å². The van der Waals surface area contributed by atoms with Gasteiger partial charge in [0, 0.05) is 17.5 Å². The summed E-state index contributed by atoms with van der Waals surface area (Å²) in [6.07, 6.45) is 0. The molecule has 0 fully saturated rings. The first-order valence-corrected chi connectivity index (χ1v) is 10.0. The summed E-state index contributed by atoms with van der Waals surface area (Å²) in [6, 6.07) is 12.4. The third kappa shape index (κ3) is 5.60. The zero-order valence-electron chi connectivity index (χ0n) is 16.8. The Hall–Kier alpha value is -3.49. The summed E-state index contributed by atoms with van der Waals surface area (Å²) >= 11 is 12.3. The molecule has 2 amide bonds. The van der Waals surface area contributed by atoms with E-state index >= 15 is 0 Å². The van der Waals surface area contributed by atoms with E-state index in [0.29, 0.717) is 27.2 Å². The topological polar surface area (TPSA) is 114 Å². The molecule has 0 bridgehead atoms. The normalized spacial score (nSPS) is 10.5. The van der Waals surface area contributed by atoms with Crippen molar-refractivity contribution >= 4 is 57.4 Å². The first-order valence-electron chi connectivity index (χ1n) is 9.29. The zero-order valence-corrected chi connectivity index (χ0v) is 18.3. The van der Waals surface area contributed by atoms with Crippen LogP contribution in [0, 0.1) is 0 Å². The van der Waals surface area contributed by atoms with Gasteiger partial charge in [-0.3, -0.25) is 9.59 Å². The molecule has 32 heavy (non-hydrogen) atoms. The maximum atomic E-state index is 12.5. The van der Waals surface area contributed by atoms with Gasteiger partial charge in [-0.1, -0.05) is 35.3 Å². The molecule has 3 aromatic rings. The van der Waals surface area contributed by atoms with Gasteiger partial charge in [-0.25, -0.2) is 4.79 Å². The van der Waals surface area contributed by atoms with Crippen LogP contribution in [0.4, 0.5) is 5.69 Å². The van der Waals surface area contributed by atoms with Crippen molar-refractivity contribution in [3.05, 3.63) is 64.1 Å². The van der Waals surface area contributed by atoms with Crippen LogP contribution in [-0.4, -0.2) is 43.2 Å². The number of likely N-dealkylation sites (N-methyl/N-ethyl adjacent to an activating group) is 1. The minimum atomic E-state index is -1.17. The molecule has 8 nitrogen and oxygen atoms in total. The molecule has 0 aliphatic rings. The fraction of sp³-hybridized carbons (Fsp3) is 0.136. The summed E-state index contributed by atoms with van der Waals surface area (Å²) in [5.74, 6) is -1.59. The van der Waals surface area contributed by atoms with Crippen LogP contribution in [0.5, 0.6) is 11.5 Å². The molecule has 0 aromatic heterocycles. The lowest BCUT2D eigenvalue weighted by Crippen LogP contribution is -2.25. The Bertz CT molecular complexity index is 1200. The van der Waals surface area contributed by atoms with Crippen molar-refractivity contribution in [2.45, 2.75) is 0 Å². The van der Waals surface area contributed by atoms with Gasteiger partial charge in [-0.2, -0.15) is 0 Å². The maximum Gasteiger partial charge on any atom is 0.335 e. The lowest BCUT2D eigenvalue weighted by Gasteiger charge is -2.14. The average Bonchev–Trinajstić information content (AvgIpc) is 2.75. The van der Waals surface area contributed by atoms with Crippen molar-refractivity contribution < 1.29 is 29.0 Å². The lowest BCUT2D eigenvalue weighted by atomic mass is 10.1. The zero-order chi connectivity index (χ0) is 23.3. The fourth-order valence-corrected chi connectivity index (χ4v) is 3.47. The number of para-hydroxylation sites is 2. The van der Waals surface area contributed by atoms with Gasteiger partial charge in [0.05, 0.1) is 16.3 Å². The van der Waals surface area contributed by atoms with Crippen LogP contribution in [0.2, 0.25) is 10.0 Å². The summed E-state index contributed by atoms with van der Waals surface area (Å²) in [4.78, 5) is 35.4. The Balaban J connectivity index is 1.78. The highest BCUT2D eigenvalue weighted by Crippen LogP contribution is 2.36. The van der Waals surface area contributed by atoms with Gasteiger partial charge < -0.3 is 25.2 Å². The number of fused-ring (bicyclic) bond motifs is 1. The molecule has 10 heteroatoms. The highest BCUT2D eigenvalue weighted by Gasteiger charge is 2.16. The molecular weight excluding hydrogens is 459 g/mol. The van der Waals surface area contributed by atoms with Gasteiger partial charge in [0.25, 0.3) is 11.8 Å².